The van der Waals surface area contributed by atoms with Crippen LogP contribution in [-0.2, 0) is 4.79 Å². The molecule has 17 heavy (non-hydrogen) atoms. The molecule has 0 aliphatic carbocycles. The number of unbranched alkanes of at least 4 members (excludes halogenated alkanes) is 3. The Morgan fingerprint density at radius 1 is 1.29 bits per heavy atom. The van der Waals surface area contributed by atoms with Crippen molar-refractivity contribution in [1.82, 2.24) is 4.90 Å². The van der Waals surface area contributed by atoms with Crippen molar-refractivity contribution in [3.8, 4) is 0 Å². The van der Waals surface area contributed by atoms with Gasteiger partial charge in [0.1, 0.15) is 0 Å². The fraction of sp³-hybridized carbons (Fsp3) is 0.727. The van der Waals surface area contributed by atoms with Crippen LogP contribution in [-0.4, -0.2) is 41.8 Å². The molecule has 0 aromatic rings. The van der Waals surface area contributed by atoms with Gasteiger partial charge in [0.25, 0.3) is 0 Å². The van der Waals surface area contributed by atoms with Crippen molar-refractivity contribution in [3.63, 3.8) is 0 Å². The summed E-state index contributed by atoms with van der Waals surface area (Å²) in [5.41, 5.74) is 0. The Morgan fingerprint density at radius 2 is 1.94 bits per heavy atom. The number of hydrogen-bond donors (Lipinski definition) is 1. The maximum absolute atomic E-state index is 12.1. The van der Waals surface area contributed by atoms with Gasteiger partial charge in [-0.05, 0) is 25.8 Å². The Balaban J connectivity index is 3.93. The minimum absolute atomic E-state index is 0.156. The largest absolute Gasteiger partial charge is 0.480 e. The summed E-state index contributed by atoms with van der Waals surface area (Å²) in [6.45, 7) is 1.97. The molecule has 6 heteroatoms. The van der Waals surface area contributed by atoms with Crippen LogP contribution < -0.4 is 0 Å². The molecule has 0 heterocycles. The van der Waals surface area contributed by atoms with Crippen molar-refractivity contribution >= 4 is 5.97 Å². The average Bonchev–Trinajstić information content (AvgIpc) is 2.13. The second kappa shape index (κ2) is 8.11. The zero-order chi connectivity index (χ0) is 13.3. The molecule has 0 atom stereocenters. The van der Waals surface area contributed by atoms with E-state index in [-0.39, 0.29) is 6.54 Å². The maximum Gasteiger partial charge on any atom is 0.401 e. The first-order valence-corrected chi connectivity index (χ1v) is 5.47. The molecule has 0 bridgehead atoms. The predicted octanol–water partition coefficient (Wildman–Crippen LogP) is 2.68. The number of nitrogens with zero attached hydrogens (tertiary/aromatic N) is 1. The van der Waals surface area contributed by atoms with E-state index in [1.54, 1.807) is 6.08 Å². The Bertz CT molecular complexity index is 241. The van der Waals surface area contributed by atoms with Gasteiger partial charge in [-0.1, -0.05) is 12.5 Å². The van der Waals surface area contributed by atoms with Gasteiger partial charge in [0.15, 0.2) is 0 Å². The number of carbonyl (C=O) groups is 1. The molecule has 100 valence electrons. The number of rotatable bonds is 9. The van der Waals surface area contributed by atoms with Crippen LogP contribution >= 0.6 is 0 Å². The summed E-state index contributed by atoms with van der Waals surface area (Å²) in [4.78, 5) is 11.3. The molecule has 0 aliphatic rings. The molecule has 0 radical (unpaired) electrons. The molecule has 1 N–H and O–H groups in total. The van der Waals surface area contributed by atoms with Gasteiger partial charge in [0, 0.05) is 0 Å². The third-order valence-electron chi connectivity index (χ3n) is 2.14. The first-order valence-electron chi connectivity index (χ1n) is 5.47. The fourth-order valence-electron chi connectivity index (χ4n) is 1.46. The second-order valence-corrected chi connectivity index (χ2v) is 3.86. The first-order chi connectivity index (χ1) is 7.85. The van der Waals surface area contributed by atoms with Gasteiger partial charge in [-0.2, -0.15) is 13.2 Å². The summed E-state index contributed by atoms with van der Waals surface area (Å²) in [6, 6.07) is 0. The third kappa shape index (κ3) is 11.2. The summed E-state index contributed by atoms with van der Waals surface area (Å²) in [7, 11) is 0. The van der Waals surface area contributed by atoms with Crippen LogP contribution in [0.15, 0.2) is 12.7 Å². The SMILES string of the molecule is C=CCCCCCN(CC(=O)O)CC(F)(F)F. The molecule has 0 fully saturated rings. The van der Waals surface area contributed by atoms with Crippen LogP contribution in [0.3, 0.4) is 0 Å². The Labute approximate surface area is 98.9 Å². The van der Waals surface area contributed by atoms with Gasteiger partial charge in [-0.25, -0.2) is 0 Å². The lowest BCUT2D eigenvalue weighted by molar-refractivity contribution is -0.154. The van der Waals surface area contributed by atoms with Crippen LogP contribution in [0.25, 0.3) is 0 Å². The lowest BCUT2D eigenvalue weighted by Gasteiger charge is -2.21. The minimum atomic E-state index is -4.35. The number of allylic oxidation sites excluding steroid dienone is 1. The zero-order valence-electron chi connectivity index (χ0n) is 9.67. The Morgan fingerprint density at radius 3 is 2.41 bits per heavy atom. The van der Waals surface area contributed by atoms with Gasteiger partial charge in [0.05, 0.1) is 13.1 Å². The second-order valence-electron chi connectivity index (χ2n) is 3.86. The monoisotopic (exact) mass is 253 g/mol. The molecule has 0 aliphatic heterocycles. The molecule has 0 aromatic carbocycles. The van der Waals surface area contributed by atoms with Crippen molar-refractivity contribution in [1.29, 1.82) is 0 Å². The van der Waals surface area contributed by atoms with Crippen LogP contribution in [0.2, 0.25) is 0 Å². The molecule has 0 saturated heterocycles. The number of hydrogen-bond acceptors (Lipinski definition) is 2. The lowest BCUT2D eigenvalue weighted by atomic mass is 10.2. The number of aliphatic carboxylic acids is 1. The highest BCUT2D eigenvalue weighted by molar-refractivity contribution is 5.69. The highest BCUT2D eigenvalue weighted by Gasteiger charge is 2.31. The van der Waals surface area contributed by atoms with Gasteiger partial charge in [-0.15, -0.1) is 6.58 Å². The summed E-state index contributed by atoms with van der Waals surface area (Å²) >= 11 is 0. The molecule has 0 unspecified atom stereocenters. The summed E-state index contributed by atoms with van der Waals surface area (Å²) < 4.78 is 36.4. The van der Waals surface area contributed by atoms with E-state index in [1.807, 2.05) is 0 Å². The first kappa shape index (κ1) is 16.0. The van der Waals surface area contributed by atoms with Gasteiger partial charge < -0.3 is 5.11 Å². The van der Waals surface area contributed by atoms with E-state index < -0.39 is 25.2 Å². The normalized spacial score (nSPS) is 11.8. The molecular formula is C11H18F3NO2. The van der Waals surface area contributed by atoms with Crippen LogP contribution in [0.1, 0.15) is 25.7 Å². The number of alkyl halides is 3. The zero-order valence-corrected chi connectivity index (χ0v) is 9.67. The average molecular weight is 253 g/mol. The van der Waals surface area contributed by atoms with Crippen molar-refractivity contribution in [2.75, 3.05) is 19.6 Å². The van der Waals surface area contributed by atoms with E-state index in [9.17, 15) is 18.0 Å². The molecule has 0 spiro atoms. The smallest absolute Gasteiger partial charge is 0.401 e. The van der Waals surface area contributed by atoms with Crippen LogP contribution in [0.4, 0.5) is 13.2 Å². The quantitative estimate of drug-likeness (QED) is 0.507. The molecule has 0 amide bonds. The van der Waals surface area contributed by atoms with E-state index in [1.165, 1.54) is 0 Å². The van der Waals surface area contributed by atoms with Gasteiger partial charge >= 0.3 is 12.1 Å². The predicted molar refractivity (Wildman–Crippen MR) is 58.8 cm³/mol. The molecule has 0 saturated carbocycles. The van der Waals surface area contributed by atoms with Crippen molar-refractivity contribution in [3.05, 3.63) is 12.7 Å². The maximum atomic E-state index is 12.1. The topological polar surface area (TPSA) is 40.5 Å². The minimum Gasteiger partial charge on any atom is -0.480 e. The Kier molecular flexibility index (Phi) is 7.61. The number of carboxylic acids is 1. The van der Waals surface area contributed by atoms with Gasteiger partial charge in [-0.3, -0.25) is 9.69 Å². The molecule has 0 aromatic heterocycles. The van der Waals surface area contributed by atoms with E-state index in [0.29, 0.717) is 6.42 Å². The number of carboxylic acid groups (broad SMARTS) is 1. The molecular weight excluding hydrogens is 235 g/mol. The van der Waals surface area contributed by atoms with Crippen LogP contribution in [0.5, 0.6) is 0 Å². The van der Waals surface area contributed by atoms with Gasteiger partial charge in [0.2, 0.25) is 0 Å². The van der Waals surface area contributed by atoms with E-state index in [4.69, 9.17) is 5.11 Å². The fourth-order valence-corrected chi connectivity index (χ4v) is 1.46. The number of halogens is 3. The summed E-state index contributed by atoms with van der Waals surface area (Å²) in [5.74, 6) is -1.24. The summed E-state index contributed by atoms with van der Waals surface area (Å²) in [5, 5.41) is 8.50. The van der Waals surface area contributed by atoms with E-state index >= 15 is 0 Å². The third-order valence-corrected chi connectivity index (χ3v) is 2.14. The van der Waals surface area contributed by atoms with Crippen molar-refractivity contribution in [2.45, 2.75) is 31.9 Å². The molecule has 0 rings (SSSR count). The Hall–Kier alpha value is -1.04. The molecule has 3 nitrogen and oxygen atoms in total. The lowest BCUT2D eigenvalue weighted by Crippen LogP contribution is -2.38. The van der Waals surface area contributed by atoms with Crippen molar-refractivity contribution < 1.29 is 23.1 Å². The summed E-state index contributed by atoms with van der Waals surface area (Å²) in [6.07, 6.45) is 0.452. The highest BCUT2D eigenvalue weighted by Crippen LogP contribution is 2.16. The van der Waals surface area contributed by atoms with E-state index in [0.717, 1.165) is 24.2 Å². The standard InChI is InChI=1S/C11H18F3NO2/c1-2-3-4-5-6-7-15(8-10(16)17)9-11(12,13)14/h2H,1,3-9H2,(H,16,17). The van der Waals surface area contributed by atoms with Crippen molar-refractivity contribution in [2.24, 2.45) is 0 Å². The highest BCUT2D eigenvalue weighted by atomic mass is 19.4. The van der Waals surface area contributed by atoms with E-state index in [2.05, 4.69) is 6.58 Å². The van der Waals surface area contributed by atoms with Crippen LogP contribution in [0, 0.1) is 0 Å².